The Labute approximate surface area is 436 Å². The summed E-state index contributed by atoms with van der Waals surface area (Å²) in [6.45, 7) is 21.4. The lowest BCUT2D eigenvalue weighted by atomic mass is 10.1. The zero-order valence-corrected chi connectivity index (χ0v) is 46.3. The van der Waals surface area contributed by atoms with Crippen molar-refractivity contribution in [1.82, 2.24) is 0 Å². The van der Waals surface area contributed by atoms with E-state index >= 15 is 0 Å². The molecule has 0 aromatic heterocycles. The number of hydrogen-bond acceptors (Lipinski definition) is 15. The van der Waals surface area contributed by atoms with Crippen molar-refractivity contribution in [3.8, 4) is 0 Å². The van der Waals surface area contributed by atoms with E-state index in [0.717, 1.165) is 26.1 Å². The van der Waals surface area contributed by atoms with Gasteiger partial charge in [0.1, 0.15) is 0 Å². The molecule has 0 radical (unpaired) electrons. The van der Waals surface area contributed by atoms with Crippen LogP contribution in [0.5, 0.6) is 0 Å². The molecule has 0 aliphatic carbocycles. The molecule has 0 spiro atoms. The standard InChI is InChI=1S/C56H114O15/c1-3-5-7-9-11-13-15-17-19-21-23-25-27-57-29-31-59-33-35-61-37-39-63-41-43-65-45-47-67-49-51-69-53-55-71-56-54-70-52-50-68-48-46-66-44-42-64-40-38-62-36-34-60-32-30-58-28-26-24-22-20-18-16-14-12-10-8-6-4-2/h3-56H2,1-2H3. The molecule has 0 saturated heterocycles. The van der Waals surface area contributed by atoms with Crippen LogP contribution in [0.1, 0.15) is 168 Å². The SMILES string of the molecule is CCCCCCCCCCCCCCOCCOCCOCCOCCOCCOCCOCCOCCOCCOCCOCCOCCOCCOCCOCCCCCCCCCCCCCC. The third-order valence-corrected chi connectivity index (χ3v) is 11.5. The van der Waals surface area contributed by atoms with E-state index in [0.29, 0.717) is 185 Å². The van der Waals surface area contributed by atoms with Crippen molar-refractivity contribution in [2.24, 2.45) is 0 Å². The van der Waals surface area contributed by atoms with E-state index in [1.165, 1.54) is 141 Å². The van der Waals surface area contributed by atoms with Crippen LogP contribution in [-0.4, -0.2) is 198 Å². The van der Waals surface area contributed by atoms with Gasteiger partial charge in [0.25, 0.3) is 0 Å². The summed E-state index contributed by atoms with van der Waals surface area (Å²) in [5.41, 5.74) is 0. The summed E-state index contributed by atoms with van der Waals surface area (Å²) in [5, 5.41) is 0. The third kappa shape index (κ3) is 69.4. The molecule has 0 aliphatic rings. The Morgan fingerprint density at radius 1 is 0.113 bits per heavy atom. The second-order valence-corrected chi connectivity index (χ2v) is 18.0. The average molecular weight is 1030 g/mol. The molecule has 0 bridgehead atoms. The topological polar surface area (TPSA) is 138 Å². The normalized spacial score (nSPS) is 11.7. The number of ether oxygens (including phenoxy) is 15. The first kappa shape index (κ1) is 70.4. The van der Waals surface area contributed by atoms with Gasteiger partial charge >= 0.3 is 0 Å². The second-order valence-electron chi connectivity index (χ2n) is 18.0. The predicted octanol–water partition coefficient (Wildman–Crippen LogP) is 10.6. The van der Waals surface area contributed by atoms with Crippen molar-refractivity contribution in [1.29, 1.82) is 0 Å². The van der Waals surface area contributed by atoms with Crippen molar-refractivity contribution in [3.63, 3.8) is 0 Å². The Hall–Kier alpha value is -0.600. The highest BCUT2D eigenvalue weighted by Gasteiger charge is 2.00. The van der Waals surface area contributed by atoms with Crippen LogP contribution < -0.4 is 0 Å². The molecule has 0 aliphatic heterocycles. The van der Waals surface area contributed by atoms with Gasteiger partial charge in [-0.3, -0.25) is 0 Å². The largest absolute Gasteiger partial charge is 0.379 e. The zero-order valence-electron chi connectivity index (χ0n) is 46.3. The highest BCUT2D eigenvalue weighted by Crippen LogP contribution is 2.13. The van der Waals surface area contributed by atoms with Gasteiger partial charge in [0.2, 0.25) is 0 Å². The lowest BCUT2D eigenvalue weighted by Gasteiger charge is -2.09. The Bertz CT molecular complexity index is 828. The van der Waals surface area contributed by atoms with Crippen LogP contribution in [0.3, 0.4) is 0 Å². The second kappa shape index (κ2) is 69.4. The van der Waals surface area contributed by atoms with Crippen LogP contribution in [-0.2, 0) is 71.1 Å². The number of rotatable bonds is 68. The maximum absolute atomic E-state index is 5.69. The van der Waals surface area contributed by atoms with E-state index in [2.05, 4.69) is 13.8 Å². The lowest BCUT2D eigenvalue weighted by Crippen LogP contribution is -2.15. The van der Waals surface area contributed by atoms with Gasteiger partial charge in [0.15, 0.2) is 0 Å². The zero-order chi connectivity index (χ0) is 50.8. The minimum atomic E-state index is 0.510. The maximum Gasteiger partial charge on any atom is 0.0701 e. The summed E-state index contributed by atoms with van der Waals surface area (Å²) < 4.78 is 83.5. The molecule has 71 heavy (non-hydrogen) atoms. The van der Waals surface area contributed by atoms with Gasteiger partial charge in [-0.15, -0.1) is 0 Å². The highest BCUT2D eigenvalue weighted by molar-refractivity contribution is 4.51. The Morgan fingerprint density at radius 3 is 0.338 bits per heavy atom. The molecule has 0 N–H and O–H groups in total. The first-order valence-corrected chi connectivity index (χ1v) is 29.1. The van der Waals surface area contributed by atoms with Crippen molar-refractivity contribution >= 4 is 0 Å². The molecule has 0 fully saturated rings. The summed E-state index contributed by atoms with van der Waals surface area (Å²) in [4.78, 5) is 0. The molecule has 15 nitrogen and oxygen atoms in total. The van der Waals surface area contributed by atoms with Crippen molar-refractivity contribution in [2.75, 3.05) is 198 Å². The fourth-order valence-corrected chi connectivity index (χ4v) is 7.27. The van der Waals surface area contributed by atoms with Crippen LogP contribution in [0.25, 0.3) is 0 Å². The van der Waals surface area contributed by atoms with Gasteiger partial charge in [0, 0.05) is 13.2 Å². The van der Waals surface area contributed by atoms with E-state index in [-0.39, 0.29) is 0 Å². The van der Waals surface area contributed by atoms with E-state index in [1.54, 1.807) is 0 Å². The van der Waals surface area contributed by atoms with E-state index < -0.39 is 0 Å². The summed E-state index contributed by atoms with van der Waals surface area (Å²) in [6.07, 6.45) is 32.6. The number of unbranched alkanes of at least 4 members (excludes halogenated alkanes) is 22. The lowest BCUT2D eigenvalue weighted by molar-refractivity contribution is -0.0300. The van der Waals surface area contributed by atoms with Crippen LogP contribution in [0.2, 0.25) is 0 Å². The monoisotopic (exact) mass is 1030 g/mol. The maximum atomic E-state index is 5.69. The fraction of sp³-hybridized carbons (Fsp3) is 1.00. The van der Waals surface area contributed by atoms with Gasteiger partial charge in [-0.1, -0.05) is 155 Å². The van der Waals surface area contributed by atoms with E-state index in [1.807, 2.05) is 0 Å². The molecular weight excluding hydrogens is 913 g/mol. The Kier molecular flexibility index (Phi) is 68.8. The smallest absolute Gasteiger partial charge is 0.0701 e. The Balaban J connectivity index is 3.07. The van der Waals surface area contributed by atoms with Gasteiger partial charge in [0.05, 0.1) is 185 Å². The molecule has 0 rings (SSSR count). The van der Waals surface area contributed by atoms with Crippen LogP contribution >= 0.6 is 0 Å². The van der Waals surface area contributed by atoms with Crippen LogP contribution in [0.4, 0.5) is 0 Å². The molecule has 0 amide bonds. The van der Waals surface area contributed by atoms with Crippen molar-refractivity contribution in [3.05, 3.63) is 0 Å². The minimum absolute atomic E-state index is 0.510. The summed E-state index contributed by atoms with van der Waals surface area (Å²) >= 11 is 0. The highest BCUT2D eigenvalue weighted by atomic mass is 16.6. The van der Waals surface area contributed by atoms with Crippen LogP contribution in [0, 0.1) is 0 Å². The number of hydrogen-bond donors (Lipinski definition) is 0. The van der Waals surface area contributed by atoms with Gasteiger partial charge in [-0.05, 0) is 12.8 Å². The van der Waals surface area contributed by atoms with Gasteiger partial charge in [-0.2, -0.15) is 0 Å². The first-order valence-electron chi connectivity index (χ1n) is 29.1. The summed E-state index contributed by atoms with van der Waals surface area (Å²) in [5.74, 6) is 0. The minimum Gasteiger partial charge on any atom is -0.379 e. The quantitative estimate of drug-likeness (QED) is 0.0534. The molecule has 428 valence electrons. The predicted molar refractivity (Wildman–Crippen MR) is 284 cm³/mol. The molecule has 0 aromatic rings. The van der Waals surface area contributed by atoms with Crippen LogP contribution in [0.15, 0.2) is 0 Å². The molecule has 0 saturated carbocycles. The summed E-state index contributed by atoms with van der Waals surface area (Å²) in [7, 11) is 0. The first-order chi connectivity index (χ1) is 35.4. The molecule has 0 unspecified atom stereocenters. The van der Waals surface area contributed by atoms with Crippen molar-refractivity contribution in [2.45, 2.75) is 168 Å². The fourth-order valence-electron chi connectivity index (χ4n) is 7.27. The van der Waals surface area contributed by atoms with E-state index in [9.17, 15) is 0 Å². The molecular formula is C56H114O15. The van der Waals surface area contributed by atoms with Gasteiger partial charge < -0.3 is 71.1 Å². The summed E-state index contributed by atoms with van der Waals surface area (Å²) in [6, 6.07) is 0. The molecule has 15 heteroatoms. The molecule has 0 heterocycles. The average Bonchev–Trinajstić information content (AvgIpc) is 3.38. The third-order valence-electron chi connectivity index (χ3n) is 11.5. The molecule has 0 aromatic carbocycles. The van der Waals surface area contributed by atoms with Gasteiger partial charge in [-0.25, -0.2) is 0 Å². The van der Waals surface area contributed by atoms with E-state index in [4.69, 9.17) is 71.1 Å². The van der Waals surface area contributed by atoms with Crippen molar-refractivity contribution < 1.29 is 71.1 Å². The Morgan fingerprint density at radius 2 is 0.211 bits per heavy atom. The molecule has 0 atom stereocenters.